The Morgan fingerprint density at radius 1 is 0.931 bits per heavy atom. The number of hydrogen-bond donors (Lipinski definition) is 2. The summed E-state index contributed by atoms with van der Waals surface area (Å²) in [6.07, 6.45) is 2.08. The summed E-state index contributed by atoms with van der Waals surface area (Å²) in [4.78, 5) is 40.0. The summed E-state index contributed by atoms with van der Waals surface area (Å²) in [5.74, 6) is -0.286. The Bertz CT molecular complexity index is 887. The zero-order chi connectivity index (χ0) is 20.8. The maximum atomic E-state index is 12.5. The average molecular weight is 394 g/mol. The van der Waals surface area contributed by atoms with Crippen molar-refractivity contribution in [3.8, 4) is 0 Å². The predicted molar refractivity (Wildman–Crippen MR) is 113 cm³/mol. The molecule has 0 aromatic heterocycles. The molecule has 1 aliphatic rings. The topological polar surface area (TPSA) is 81.8 Å². The van der Waals surface area contributed by atoms with Crippen molar-refractivity contribution in [2.45, 2.75) is 12.8 Å². The standard InChI is InChI=1S/C22H26N4O3/c1-25(2)21(28)16-8-10-18(11-9-16)23-15-20(27)24-19-7-5-6-17(14-19)22(29)26-12-3-4-13-26/h5-11,14,23H,3-4,12-13,15H2,1-2H3,(H,24,27). The minimum atomic E-state index is -0.218. The second-order valence-corrected chi connectivity index (χ2v) is 7.26. The number of carbonyl (C=O) groups excluding carboxylic acids is 3. The molecule has 1 saturated heterocycles. The summed E-state index contributed by atoms with van der Waals surface area (Å²) in [5.41, 5.74) is 2.51. The fourth-order valence-corrected chi connectivity index (χ4v) is 3.21. The fourth-order valence-electron chi connectivity index (χ4n) is 3.21. The van der Waals surface area contributed by atoms with E-state index in [1.165, 1.54) is 4.90 Å². The predicted octanol–water partition coefficient (Wildman–Crippen LogP) is 2.68. The normalized spacial score (nSPS) is 13.1. The Morgan fingerprint density at radius 2 is 1.62 bits per heavy atom. The lowest BCUT2D eigenvalue weighted by Gasteiger charge is -2.16. The number of anilines is 2. The van der Waals surface area contributed by atoms with E-state index in [0.717, 1.165) is 31.6 Å². The third-order valence-electron chi connectivity index (χ3n) is 4.78. The van der Waals surface area contributed by atoms with E-state index in [1.54, 1.807) is 62.6 Å². The van der Waals surface area contributed by atoms with Crippen molar-refractivity contribution in [2.75, 3.05) is 44.4 Å². The highest BCUT2D eigenvalue weighted by atomic mass is 16.2. The summed E-state index contributed by atoms with van der Waals surface area (Å²) in [5, 5.41) is 5.84. The van der Waals surface area contributed by atoms with Crippen molar-refractivity contribution in [3.63, 3.8) is 0 Å². The molecule has 29 heavy (non-hydrogen) atoms. The van der Waals surface area contributed by atoms with Crippen LogP contribution in [-0.2, 0) is 4.79 Å². The Labute approximate surface area is 170 Å². The van der Waals surface area contributed by atoms with E-state index in [4.69, 9.17) is 0 Å². The first kappa shape index (κ1) is 20.4. The number of hydrogen-bond acceptors (Lipinski definition) is 4. The SMILES string of the molecule is CN(C)C(=O)c1ccc(NCC(=O)Nc2cccc(C(=O)N3CCCC3)c2)cc1. The molecule has 152 valence electrons. The van der Waals surface area contributed by atoms with Gasteiger partial charge in [-0.1, -0.05) is 6.07 Å². The zero-order valence-electron chi connectivity index (χ0n) is 16.8. The number of carbonyl (C=O) groups is 3. The van der Waals surface area contributed by atoms with Crippen LogP contribution in [0.25, 0.3) is 0 Å². The lowest BCUT2D eigenvalue weighted by molar-refractivity contribution is -0.114. The molecule has 0 saturated carbocycles. The van der Waals surface area contributed by atoms with Gasteiger partial charge in [-0.05, 0) is 55.3 Å². The van der Waals surface area contributed by atoms with Gasteiger partial charge in [0.25, 0.3) is 11.8 Å². The Hall–Kier alpha value is -3.35. The van der Waals surface area contributed by atoms with E-state index in [2.05, 4.69) is 10.6 Å². The summed E-state index contributed by atoms with van der Waals surface area (Å²) in [7, 11) is 3.40. The molecule has 2 N–H and O–H groups in total. The van der Waals surface area contributed by atoms with Crippen LogP contribution in [0.5, 0.6) is 0 Å². The largest absolute Gasteiger partial charge is 0.376 e. The Balaban J connectivity index is 1.53. The van der Waals surface area contributed by atoms with E-state index in [-0.39, 0.29) is 24.3 Å². The number of nitrogens with zero attached hydrogens (tertiary/aromatic N) is 2. The number of nitrogens with one attached hydrogen (secondary N) is 2. The van der Waals surface area contributed by atoms with Gasteiger partial charge in [-0.25, -0.2) is 0 Å². The Kier molecular flexibility index (Phi) is 6.49. The fraction of sp³-hybridized carbons (Fsp3) is 0.318. The van der Waals surface area contributed by atoms with Gasteiger partial charge in [-0.3, -0.25) is 14.4 Å². The number of amides is 3. The van der Waals surface area contributed by atoms with Gasteiger partial charge in [-0.2, -0.15) is 0 Å². The van der Waals surface area contributed by atoms with E-state index in [0.29, 0.717) is 16.8 Å². The average Bonchev–Trinajstić information content (AvgIpc) is 3.26. The molecule has 0 unspecified atom stereocenters. The molecule has 0 bridgehead atoms. The van der Waals surface area contributed by atoms with Crippen molar-refractivity contribution in [1.82, 2.24) is 9.80 Å². The van der Waals surface area contributed by atoms with E-state index < -0.39 is 0 Å². The molecular weight excluding hydrogens is 368 g/mol. The zero-order valence-corrected chi connectivity index (χ0v) is 16.8. The molecule has 2 aromatic carbocycles. The maximum Gasteiger partial charge on any atom is 0.253 e. The van der Waals surface area contributed by atoms with Crippen LogP contribution in [0.2, 0.25) is 0 Å². The number of rotatable bonds is 6. The van der Waals surface area contributed by atoms with Crippen LogP contribution >= 0.6 is 0 Å². The van der Waals surface area contributed by atoms with Crippen molar-refractivity contribution in [3.05, 3.63) is 59.7 Å². The molecule has 0 atom stereocenters. The van der Waals surface area contributed by atoms with Gasteiger partial charge in [0.05, 0.1) is 6.54 Å². The minimum absolute atomic E-state index is 0.00378. The molecule has 2 aromatic rings. The van der Waals surface area contributed by atoms with Gasteiger partial charge < -0.3 is 20.4 Å². The van der Waals surface area contributed by atoms with Crippen molar-refractivity contribution in [1.29, 1.82) is 0 Å². The van der Waals surface area contributed by atoms with Crippen LogP contribution in [0, 0.1) is 0 Å². The van der Waals surface area contributed by atoms with Gasteiger partial charge in [0.15, 0.2) is 0 Å². The summed E-state index contributed by atoms with van der Waals surface area (Å²) in [6, 6.07) is 14.0. The van der Waals surface area contributed by atoms with Gasteiger partial charge in [0, 0.05) is 49.7 Å². The summed E-state index contributed by atoms with van der Waals surface area (Å²) < 4.78 is 0. The molecule has 1 heterocycles. The second kappa shape index (κ2) is 9.23. The van der Waals surface area contributed by atoms with Crippen LogP contribution < -0.4 is 10.6 Å². The smallest absolute Gasteiger partial charge is 0.253 e. The molecule has 7 nitrogen and oxygen atoms in total. The first-order chi connectivity index (χ1) is 13.9. The number of likely N-dealkylation sites (tertiary alicyclic amines) is 1. The quantitative estimate of drug-likeness (QED) is 0.789. The molecule has 0 radical (unpaired) electrons. The lowest BCUT2D eigenvalue weighted by atomic mass is 10.1. The van der Waals surface area contributed by atoms with Gasteiger partial charge in [-0.15, -0.1) is 0 Å². The molecule has 0 aliphatic carbocycles. The second-order valence-electron chi connectivity index (χ2n) is 7.26. The minimum Gasteiger partial charge on any atom is -0.376 e. The van der Waals surface area contributed by atoms with Gasteiger partial charge in [0.1, 0.15) is 0 Å². The van der Waals surface area contributed by atoms with Crippen LogP contribution in [0.1, 0.15) is 33.6 Å². The van der Waals surface area contributed by atoms with E-state index >= 15 is 0 Å². The van der Waals surface area contributed by atoms with Crippen molar-refractivity contribution < 1.29 is 14.4 Å². The summed E-state index contributed by atoms with van der Waals surface area (Å²) in [6.45, 7) is 1.65. The monoisotopic (exact) mass is 394 g/mol. The molecular formula is C22H26N4O3. The van der Waals surface area contributed by atoms with Crippen LogP contribution in [0.15, 0.2) is 48.5 Å². The highest BCUT2D eigenvalue weighted by Crippen LogP contribution is 2.16. The molecule has 1 fully saturated rings. The van der Waals surface area contributed by atoms with Crippen LogP contribution in [0.3, 0.4) is 0 Å². The molecule has 1 aliphatic heterocycles. The number of benzene rings is 2. The third-order valence-corrected chi connectivity index (χ3v) is 4.78. The van der Waals surface area contributed by atoms with Gasteiger partial charge in [0.2, 0.25) is 5.91 Å². The first-order valence-electron chi connectivity index (χ1n) is 9.69. The van der Waals surface area contributed by atoms with Crippen molar-refractivity contribution >= 4 is 29.1 Å². The molecule has 3 rings (SSSR count). The Morgan fingerprint density at radius 3 is 2.28 bits per heavy atom. The van der Waals surface area contributed by atoms with Crippen molar-refractivity contribution in [2.24, 2.45) is 0 Å². The van der Waals surface area contributed by atoms with E-state index in [1.807, 2.05) is 4.90 Å². The highest BCUT2D eigenvalue weighted by Gasteiger charge is 2.19. The highest BCUT2D eigenvalue weighted by molar-refractivity contribution is 5.98. The maximum absolute atomic E-state index is 12.5. The van der Waals surface area contributed by atoms with Crippen LogP contribution in [-0.4, -0.2) is 61.3 Å². The third kappa shape index (κ3) is 5.34. The molecule has 3 amide bonds. The lowest BCUT2D eigenvalue weighted by Crippen LogP contribution is -2.27. The van der Waals surface area contributed by atoms with Crippen LogP contribution in [0.4, 0.5) is 11.4 Å². The first-order valence-corrected chi connectivity index (χ1v) is 9.69. The van der Waals surface area contributed by atoms with E-state index in [9.17, 15) is 14.4 Å². The van der Waals surface area contributed by atoms with Gasteiger partial charge >= 0.3 is 0 Å². The molecule has 7 heteroatoms. The molecule has 0 spiro atoms. The summed E-state index contributed by atoms with van der Waals surface area (Å²) >= 11 is 0.